The van der Waals surface area contributed by atoms with Crippen LogP contribution in [-0.2, 0) is 6.54 Å². The Kier molecular flexibility index (Phi) is 5.08. The van der Waals surface area contributed by atoms with E-state index in [0.717, 1.165) is 5.56 Å². The van der Waals surface area contributed by atoms with E-state index in [-0.39, 0.29) is 23.4 Å². The lowest BCUT2D eigenvalue weighted by Crippen LogP contribution is -2.24. The molecule has 1 aromatic heterocycles. The summed E-state index contributed by atoms with van der Waals surface area (Å²) in [5.74, 6) is 0.292. The predicted octanol–water partition coefficient (Wildman–Crippen LogP) is 3.40. The van der Waals surface area contributed by atoms with E-state index in [2.05, 4.69) is 10.1 Å². The van der Waals surface area contributed by atoms with Crippen LogP contribution in [-0.4, -0.2) is 37.7 Å². The minimum Gasteiger partial charge on any atom is -0.392 e. The first-order valence-corrected chi connectivity index (χ1v) is 9.16. The first-order chi connectivity index (χ1) is 13.9. The fraction of sp³-hybridized carbons (Fsp3) is 0.300. The first-order valence-electron chi connectivity index (χ1n) is 9.16. The lowest BCUT2D eigenvalue weighted by Gasteiger charge is -2.21. The zero-order valence-corrected chi connectivity index (χ0v) is 15.7. The third kappa shape index (κ3) is 4.01. The molecule has 1 fully saturated rings. The minimum atomic E-state index is -0.551. The second-order valence-corrected chi connectivity index (χ2v) is 7.18. The molecule has 8 nitrogen and oxygen atoms in total. The van der Waals surface area contributed by atoms with E-state index in [9.17, 15) is 19.6 Å². The second-order valence-electron chi connectivity index (χ2n) is 7.18. The van der Waals surface area contributed by atoms with Crippen LogP contribution in [0.1, 0.15) is 29.5 Å². The highest BCUT2D eigenvalue weighted by Gasteiger charge is 2.36. The first kappa shape index (κ1) is 19.2. The Balaban J connectivity index is 1.54. The number of rotatable bonds is 5. The number of likely N-dealkylation sites (tertiary alicyclic amines) is 1. The minimum absolute atomic E-state index is 0.0265. The van der Waals surface area contributed by atoms with Gasteiger partial charge < -0.3 is 9.63 Å². The van der Waals surface area contributed by atoms with E-state index in [4.69, 9.17) is 4.52 Å². The zero-order valence-electron chi connectivity index (χ0n) is 15.7. The molecular formula is C20H19FN4O4. The van der Waals surface area contributed by atoms with E-state index in [1.807, 2.05) is 4.90 Å². The van der Waals surface area contributed by atoms with Gasteiger partial charge in [-0.05, 0) is 30.5 Å². The van der Waals surface area contributed by atoms with Gasteiger partial charge in [-0.3, -0.25) is 15.0 Å². The molecule has 0 saturated carbocycles. The van der Waals surface area contributed by atoms with Crippen molar-refractivity contribution in [2.75, 3.05) is 6.54 Å². The van der Waals surface area contributed by atoms with Crippen molar-refractivity contribution in [1.29, 1.82) is 0 Å². The Bertz CT molecular complexity index is 1040. The molecule has 1 aliphatic rings. The molecule has 0 radical (unpaired) electrons. The molecule has 0 amide bonds. The second kappa shape index (κ2) is 7.69. The Hall–Kier alpha value is -3.17. The molecule has 2 aromatic carbocycles. The fourth-order valence-corrected chi connectivity index (χ4v) is 3.49. The van der Waals surface area contributed by atoms with Crippen molar-refractivity contribution in [3.63, 3.8) is 0 Å². The fourth-order valence-electron chi connectivity index (χ4n) is 3.49. The van der Waals surface area contributed by atoms with E-state index < -0.39 is 11.0 Å². The number of aliphatic hydroxyl groups excluding tert-OH is 1. The number of nitrogens with zero attached hydrogens (tertiary/aromatic N) is 4. The van der Waals surface area contributed by atoms with Crippen molar-refractivity contribution in [3.8, 4) is 11.4 Å². The lowest BCUT2D eigenvalue weighted by atomic mass is 10.1. The lowest BCUT2D eigenvalue weighted by molar-refractivity contribution is -0.384. The Morgan fingerprint density at radius 1 is 1.31 bits per heavy atom. The number of non-ortho nitro benzene ring substituents is 1. The van der Waals surface area contributed by atoms with Gasteiger partial charge >= 0.3 is 0 Å². The van der Waals surface area contributed by atoms with Gasteiger partial charge in [0.2, 0.25) is 11.7 Å². The highest BCUT2D eigenvalue weighted by atomic mass is 19.1. The molecule has 4 rings (SSSR count). The Labute approximate surface area is 165 Å². The number of β-amino-alcohol motifs (C(OH)–C–C–N with tert-alkyl or cyclic N) is 1. The van der Waals surface area contributed by atoms with Crippen LogP contribution in [0.25, 0.3) is 11.4 Å². The van der Waals surface area contributed by atoms with E-state index in [0.29, 0.717) is 36.5 Å². The third-order valence-corrected chi connectivity index (χ3v) is 5.07. The molecule has 150 valence electrons. The van der Waals surface area contributed by atoms with Crippen molar-refractivity contribution in [2.24, 2.45) is 0 Å². The number of aliphatic hydroxyl groups is 1. The van der Waals surface area contributed by atoms with E-state index in [1.54, 1.807) is 31.2 Å². The number of aryl methyl sites for hydroxylation is 1. The van der Waals surface area contributed by atoms with Gasteiger partial charge in [0, 0.05) is 30.8 Å². The predicted molar refractivity (Wildman–Crippen MR) is 101 cm³/mol. The van der Waals surface area contributed by atoms with Gasteiger partial charge in [-0.2, -0.15) is 4.98 Å². The Morgan fingerprint density at radius 2 is 2.07 bits per heavy atom. The molecule has 1 aliphatic heterocycles. The van der Waals surface area contributed by atoms with Crippen molar-refractivity contribution < 1.29 is 18.9 Å². The standard InChI is InChI=1S/C20H19FN4O4/c1-12-2-5-14(8-17(12)21)19-22-20(29-23-19)18-9-16(26)11-24(18)10-13-3-6-15(7-4-13)25(27)28/h2-8,16,18,26H,9-11H2,1H3/t16-,18+/m1/s1. The summed E-state index contributed by atoms with van der Waals surface area (Å²) in [5, 5.41) is 24.9. The van der Waals surface area contributed by atoms with Crippen LogP contribution in [0.5, 0.6) is 0 Å². The maximum atomic E-state index is 13.8. The van der Waals surface area contributed by atoms with Gasteiger partial charge in [0.1, 0.15) is 5.82 Å². The number of halogens is 1. The van der Waals surface area contributed by atoms with Gasteiger partial charge in [0.25, 0.3) is 5.69 Å². The van der Waals surface area contributed by atoms with Crippen LogP contribution < -0.4 is 0 Å². The van der Waals surface area contributed by atoms with Gasteiger partial charge in [0.05, 0.1) is 17.1 Å². The number of nitro benzene ring substituents is 1. The zero-order chi connectivity index (χ0) is 20.5. The van der Waals surface area contributed by atoms with Crippen LogP contribution >= 0.6 is 0 Å². The molecule has 0 bridgehead atoms. The van der Waals surface area contributed by atoms with Gasteiger partial charge in [-0.25, -0.2) is 4.39 Å². The average molecular weight is 398 g/mol. The summed E-state index contributed by atoms with van der Waals surface area (Å²) < 4.78 is 19.3. The smallest absolute Gasteiger partial charge is 0.269 e. The molecule has 1 N–H and O–H groups in total. The van der Waals surface area contributed by atoms with Crippen LogP contribution in [0.4, 0.5) is 10.1 Å². The number of nitro groups is 1. The SMILES string of the molecule is Cc1ccc(-c2noc([C@@H]3C[C@@H](O)CN3Cc3ccc([N+](=O)[O-])cc3)n2)cc1F. The van der Waals surface area contributed by atoms with E-state index >= 15 is 0 Å². The molecule has 9 heteroatoms. The normalized spacial score (nSPS) is 19.6. The summed E-state index contributed by atoms with van der Waals surface area (Å²) in [6.45, 7) is 2.56. The van der Waals surface area contributed by atoms with Crippen molar-refractivity contribution in [2.45, 2.75) is 32.0 Å². The van der Waals surface area contributed by atoms with Gasteiger partial charge in [0.15, 0.2) is 0 Å². The summed E-state index contributed by atoms with van der Waals surface area (Å²) >= 11 is 0. The maximum absolute atomic E-state index is 13.8. The number of aromatic nitrogens is 2. The van der Waals surface area contributed by atoms with E-state index in [1.165, 1.54) is 18.2 Å². The molecular weight excluding hydrogens is 379 g/mol. The third-order valence-electron chi connectivity index (χ3n) is 5.07. The molecule has 0 unspecified atom stereocenters. The highest BCUT2D eigenvalue weighted by molar-refractivity contribution is 5.55. The Morgan fingerprint density at radius 3 is 2.76 bits per heavy atom. The molecule has 29 heavy (non-hydrogen) atoms. The molecule has 2 atom stereocenters. The number of benzene rings is 2. The van der Waals surface area contributed by atoms with Gasteiger partial charge in [-0.1, -0.05) is 29.4 Å². The summed E-state index contributed by atoms with van der Waals surface area (Å²) in [7, 11) is 0. The van der Waals surface area contributed by atoms with Crippen LogP contribution in [0.3, 0.4) is 0 Å². The molecule has 2 heterocycles. The van der Waals surface area contributed by atoms with Gasteiger partial charge in [-0.15, -0.1) is 0 Å². The maximum Gasteiger partial charge on any atom is 0.269 e. The van der Waals surface area contributed by atoms with Crippen molar-refractivity contribution in [1.82, 2.24) is 15.0 Å². The molecule has 0 aliphatic carbocycles. The monoisotopic (exact) mass is 398 g/mol. The summed E-state index contributed by atoms with van der Waals surface area (Å²) in [6.07, 6.45) is -0.123. The largest absolute Gasteiger partial charge is 0.392 e. The van der Waals surface area contributed by atoms with Crippen LogP contribution in [0.15, 0.2) is 47.0 Å². The summed E-state index contributed by atoms with van der Waals surface area (Å²) in [5.41, 5.74) is 1.95. The summed E-state index contributed by atoms with van der Waals surface area (Å²) in [6, 6.07) is 10.7. The molecule has 3 aromatic rings. The highest BCUT2D eigenvalue weighted by Crippen LogP contribution is 2.34. The number of hydrogen-bond acceptors (Lipinski definition) is 7. The van der Waals surface area contributed by atoms with Crippen LogP contribution in [0, 0.1) is 22.9 Å². The molecule has 1 saturated heterocycles. The number of hydrogen-bond donors (Lipinski definition) is 1. The van der Waals surface area contributed by atoms with Crippen LogP contribution in [0.2, 0.25) is 0 Å². The molecule has 0 spiro atoms. The quantitative estimate of drug-likeness (QED) is 0.519. The topological polar surface area (TPSA) is 106 Å². The van der Waals surface area contributed by atoms with Crippen molar-refractivity contribution in [3.05, 3.63) is 75.4 Å². The van der Waals surface area contributed by atoms with Crippen molar-refractivity contribution >= 4 is 5.69 Å². The summed E-state index contributed by atoms with van der Waals surface area (Å²) in [4.78, 5) is 16.8. The average Bonchev–Trinajstić information content (AvgIpc) is 3.31.